The molecule has 2 unspecified atom stereocenters. The number of hydrogen-bond donors (Lipinski definition) is 2. The second kappa shape index (κ2) is 11.1. The molecule has 2 heterocycles. The van der Waals surface area contributed by atoms with Crippen molar-refractivity contribution in [3.8, 4) is 0 Å². The number of amides is 4. The van der Waals surface area contributed by atoms with Gasteiger partial charge in [0.05, 0.1) is 26.3 Å². The molecule has 2 atom stereocenters. The van der Waals surface area contributed by atoms with E-state index in [4.69, 9.17) is 14.6 Å². The Bertz CT molecular complexity index is 607. The van der Waals surface area contributed by atoms with E-state index in [2.05, 4.69) is 6.55 Å². The Hall–Kier alpha value is -1.62. The molecule has 10 heteroatoms. The molecule has 2 rings (SSSR count). The Labute approximate surface area is 178 Å². The zero-order valence-electron chi connectivity index (χ0n) is 18.0. The lowest BCUT2D eigenvalue weighted by Crippen LogP contribution is -2.34. The minimum absolute atomic E-state index is 0.0663. The normalized spacial score (nSPS) is 24.3. The number of aliphatic hydroxyl groups excluding tert-OH is 2. The van der Waals surface area contributed by atoms with Crippen LogP contribution in [0.1, 0.15) is 38.5 Å². The molecule has 170 valence electrons. The Kier molecular flexibility index (Phi) is 9.14. The van der Waals surface area contributed by atoms with Crippen LogP contribution in [0.3, 0.4) is 0 Å². The second-order valence-corrected chi connectivity index (χ2v) is 12.8. The van der Waals surface area contributed by atoms with Crippen molar-refractivity contribution in [3.05, 3.63) is 0 Å². The Morgan fingerprint density at radius 3 is 1.60 bits per heavy atom. The molecule has 2 N–H and O–H groups in total. The number of hydrogen-bond acceptors (Lipinski definition) is 7. The predicted molar refractivity (Wildman–Crippen MR) is 111 cm³/mol. The van der Waals surface area contributed by atoms with Gasteiger partial charge in [0.1, 0.15) is 0 Å². The van der Waals surface area contributed by atoms with E-state index in [0.717, 1.165) is 34.7 Å². The van der Waals surface area contributed by atoms with Crippen molar-refractivity contribution in [3.63, 3.8) is 0 Å². The van der Waals surface area contributed by atoms with Crippen LogP contribution in [-0.2, 0) is 23.6 Å². The molecule has 2 saturated heterocycles. The fourth-order valence-corrected chi connectivity index (χ4v) is 6.96. The Balaban J connectivity index is 1.76. The summed E-state index contributed by atoms with van der Waals surface area (Å²) in [4.78, 5) is 50.6. The fraction of sp³-hybridized carbons (Fsp3) is 0.800. The summed E-state index contributed by atoms with van der Waals surface area (Å²) >= 11 is 0. The highest BCUT2D eigenvalue weighted by molar-refractivity contribution is 6.72. The third kappa shape index (κ3) is 5.96. The largest absolute Gasteiger partial charge is 0.420 e. The van der Waals surface area contributed by atoms with Gasteiger partial charge in [-0.3, -0.25) is 29.0 Å². The van der Waals surface area contributed by atoms with E-state index in [9.17, 15) is 19.2 Å². The quantitative estimate of drug-likeness (QED) is 0.314. The van der Waals surface area contributed by atoms with Gasteiger partial charge in [-0.15, -0.1) is 0 Å². The summed E-state index contributed by atoms with van der Waals surface area (Å²) in [5.74, 6) is -1.41. The van der Waals surface area contributed by atoms with E-state index in [-0.39, 0.29) is 74.6 Å². The minimum Gasteiger partial charge on any atom is -0.420 e. The van der Waals surface area contributed by atoms with Crippen molar-refractivity contribution in [1.82, 2.24) is 9.80 Å². The summed E-state index contributed by atoms with van der Waals surface area (Å²) in [5, 5.41) is 18.0. The first-order valence-electron chi connectivity index (χ1n) is 10.7. The zero-order chi connectivity index (χ0) is 22.3. The highest BCUT2D eigenvalue weighted by Gasteiger charge is 2.39. The van der Waals surface area contributed by atoms with E-state index in [1.165, 1.54) is 0 Å². The van der Waals surface area contributed by atoms with Crippen LogP contribution in [-0.4, -0.2) is 85.4 Å². The van der Waals surface area contributed by atoms with Crippen molar-refractivity contribution in [2.75, 3.05) is 33.4 Å². The summed E-state index contributed by atoms with van der Waals surface area (Å²) in [6.45, 7) is 1.83. The Morgan fingerprint density at radius 2 is 1.27 bits per heavy atom. The number of carbonyl (C=O) groups excluding carboxylic acids is 4. The average molecular weight is 443 g/mol. The number of imide groups is 2. The number of carbonyl (C=O) groups is 4. The standard InChI is InChI=1S/C20H34N2O7Si/c1-29-30(2,11-3-5-15-13-17(25)21(7-9-23)19(15)27)12-4-6-16-14-18(26)22(8-10-24)20(16)28/h15-16,23-24H,3-14H2,1-2H3. The van der Waals surface area contributed by atoms with Crippen molar-refractivity contribution >= 4 is 31.9 Å². The van der Waals surface area contributed by atoms with Crippen molar-refractivity contribution in [2.24, 2.45) is 11.8 Å². The molecule has 2 fully saturated rings. The van der Waals surface area contributed by atoms with Gasteiger partial charge in [-0.25, -0.2) is 0 Å². The van der Waals surface area contributed by atoms with Gasteiger partial charge >= 0.3 is 0 Å². The first-order valence-corrected chi connectivity index (χ1v) is 13.5. The predicted octanol–water partition coefficient (Wildman–Crippen LogP) is 0.503. The molecule has 0 saturated carbocycles. The second-order valence-electron chi connectivity index (χ2n) is 8.46. The SMILES string of the molecule is CO[Si](C)(CCCC1CC(=O)N(CCO)C1=O)CCCC1CC(=O)N(CCO)C1=O. The molecule has 9 nitrogen and oxygen atoms in total. The van der Waals surface area contributed by atoms with Crippen LogP contribution in [0.15, 0.2) is 0 Å². The number of aliphatic hydroxyl groups is 2. The van der Waals surface area contributed by atoms with Gasteiger partial charge in [0.25, 0.3) is 0 Å². The monoisotopic (exact) mass is 442 g/mol. The highest BCUT2D eigenvalue weighted by atomic mass is 28.4. The maximum Gasteiger partial charge on any atom is 0.232 e. The van der Waals surface area contributed by atoms with Gasteiger partial charge < -0.3 is 14.6 Å². The number of likely N-dealkylation sites (tertiary alicyclic amines) is 2. The summed E-state index contributed by atoms with van der Waals surface area (Å²) in [7, 11) is -0.308. The minimum atomic E-state index is -2.01. The molecule has 0 aromatic carbocycles. The van der Waals surface area contributed by atoms with Crippen molar-refractivity contribution in [2.45, 2.75) is 57.2 Å². The molecule has 4 amide bonds. The van der Waals surface area contributed by atoms with Crippen LogP contribution < -0.4 is 0 Å². The molecule has 0 bridgehead atoms. The summed E-state index contributed by atoms with van der Waals surface area (Å²) in [5.41, 5.74) is 0. The van der Waals surface area contributed by atoms with E-state index in [0.29, 0.717) is 12.8 Å². The van der Waals surface area contributed by atoms with Crippen LogP contribution in [0.4, 0.5) is 0 Å². The van der Waals surface area contributed by atoms with E-state index in [1.807, 2.05) is 0 Å². The lowest BCUT2D eigenvalue weighted by molar-refractivity contribution is -0.141. The van der Waals surface area contributed by atoms with Crippen molar-refractivity contribution in [1.29, 1.82) is 0 Å². The summed E-state index contributed by atoms with van der Waals surface area (Å²) < 4.78 is 5.83. The van der Waals surface area contributed by atoms with Gasteiger partial charge in [0, 0.05) is 31.8 Å². The molecule has 0 aromatic heterocycles. The highest BCUT2D eigenvalue weighted by Crippen LogP contribution is 2.30. The lowest BCUT2D eigenvalue weighted by atomic mass is 10.0. The van der Waals surface area contributed by atoms with Gasteiger partial charge in [0.2, 0.25) is 23.6 Å². The molecule has 0 radical (unpaired) electrons. The van der Waals surface area contributed by atoms with Crippen LogP contribution in [0, 0.1) is 11.8 Å². The van der Waals surface area contributed by atoms with E-state index in [1.54, 1.807) is 7.11 Å². The molecule has 2 aliphatic rings. The van der Waals surface area contributed by atoms with Crippen LogP contribution in [0.2, 0.25) is 18.6 Å². The van der Waals surface area contributed by atoms with Crippen LogP contribution in [0.5, 0.6) is 0 Å². The lowest BCUT2D eigenvalue weighted by Gasteiger charge is -2.26. The first-order chi connectivity index (χ1) is 14.3. The molecule has 0 spiro atoms. The Morgan fingerprint density at radius 1 is 0.867 bits per heavy atom. The zero-order valence-corrected chi connectivity index (χ0v) is 19.0. The fourth-order valence-electron chi connectivity index (χ4n) is 4.40. The van der Waals surface area contributed by atoms with Crippen LogP contribution >= 0.6 is 0 Å². The smallest absolute Gasteiger partial charge is 0.232 e. The summed E-state index contributed by atoms with van der Waals surface area (Å²) in [6.07, 6.45) is 3.27. The number of β-amino-alcohol motifs (C(OH)–C–C–N with tert-alkyl or cyclic N) is 2. The van der Waals surface area contributed by atoms with E-state index < -0.39 is 8.32 Å². The summed E-state index contributed by atoms with van der Waals surface area (Å²) in [6, 6.07) is 1.71. The maximum absolute atomic E-state index is 12.3. The molecule has 30 heavy (non-hydrogen) atoms. The van der Waals surface area contributed by atoms with Gasteiger partial charge in [-0.2, -0.15) is 0 Å². The average Bonchev–Trinajstić information content (AvgIpc) is 3.13. The van der Waals surface area contributed by atoms with Crippen molar-refractivity contribution < 1.29 is 33.8 Å². The molecule has 0 aliphatic carbocycles. The number of rotatable bonds is 13. The number of nitrogens with zero attached hydrogens (tertiary/aromatic N) is 2. The van der Waals surface area contributed by atoms with Gasteiger partial charge in [-0.05, 0) is 31.5 Å². The third-order valence-electron chi connectivity index (χ3n) is 6.33. The maximum atomic E-state index is 12.3. The third-order valence-corrected chi connectivity index (χ3v) is 10.1. The molecular formula is C20H34N2O7Si. The molecule has 0 aromatic rings. The van der Waals surface area contributed by atoms with Gasteiger partial charge in [0.15, 0.2) is 8.32 Å². The van der Waals surface area contributed by atoms with Gasteiger partial charge in [-0.1, -0.05) is 12.8 Å². The van der Waals surface area contributed by atoms with Crippen LogP contribution in [0.25, 0.3) is 0 Å². The first kappa shape index (κ1) is 24.6. The topological polar surface area (TPSA) is 124 Å². The molecular weight excluding hydrogens is 408 g/mol. The molecule has 2 aliphatic heterocycles. The van der Waals surface area contributed by atoms with E-state index >= 15 is 0 Å².